The number of rotatable bonds is 5. The Labute approximate surface area is 143 Å². The summed E-state index contributed by atoms with van der Waals surface area (Å²) in [4.78, 5) is 7.12. The summed E-state index contributed by atoms with van der Waals surface area (Å²) in [7, 11) is -3.22. The summed E-state index contributed by atoms with van der Waals surface area (Å²) in [5.74, 6) is 0.443. The molecule has 3 heterocycles. The lowest BCUT2D eigenvalue weighted by Crippen LogP contribution is -2.36. The van der Waals surface area contributed by atoms with Crippen molar-refractivity contribution in [1.29, 1.82) is 0 Å². The molecule has 1 fully saturated rings. The number of nitrogens with zero attached hydrogens (tertiary/aromatic N) is 3. The molecule has 0 radical (unpaired) electrons. The van der Waals surface area contributed by atoms with Gasteiger partial charge in [-0.15, -0.1) is 0 Å². The monoisotopic (exact) mass is 348 g/mol. The summed E-state index contributed by atoms with van der Waals surface area (Å²) >= 11 is 0. The highest BCUT2D eigenvalue weighted by molar-refractivity contribution is 7.90. The fourth-order valence-corrected chi connectivity index (χ4v) is 4.19. The minimum Gasteiger partial charge on any atom is -0.299 e. The smallest absolute Gasteiger partial charge is 0.178 e. The zero-order chi connectivity index (χ0) is 17.2. The third kappa shape index (κ3) is 4.21. The Morgan fingerprint density at radius 3 is 2.88 bits per heavy atom. The third-order valence-electron chi connectivity index (χ3n) is 4.55. The van der Waals surface area contributed by atoms with Gasteiger partial charge in [-0.25, -0.2) is 8.42 Å². The van der Waals surface area contributed by atoms with Crippen LogP contribution >= 0.6 is 0 Å². The Bertz CT molecular complexity index is 783. The quantitative estimate of drug-likeness (QED) is 0.894. The summed E-state index contributed by atoms with van der Waals surface area (Å²) in [5, 5.41) is 6.80. The molecule has 0 aromatic carbocycles. The Morgan fingerprint density at radius 1 is 1.33 bits per heavy atom. The lowest BCUT2D eigenvalue weighted by atomic mass is 9.93. The van der Waals surface area contributed by atoms with Gasteiger partial charge in [0.15, 0.2) is 9.84 Å². The fourth-order valence-electron chi connectivity index (χ4n) is 3.37. The van der Waals surface area contributed by atoms with Gasteiger partial charge < -0.3 is 0 Å². The van der Waals surface area contributed by atoms with E-state index in [2.05, 4.69) is 26.1 Å². The predicted molar refractivity (Wildman–Crippen MR) is 92.4 cm³/mol. The Hall–Kier alpha value is -1.73. The summed E-state index contributed by atoms with van der Waals surface area (Å²) in [5.41, 5.74) is 2.99. The zero-order valence-corrected chi connectivity index (χ0v) is 15.0. The number of aryl methyl sites for hydroxylation is 1. The minimum atomic E-state index is -3.22. The largest absolute Gasteiger partial charge is 0.299 e. The maximum atomic E-state index is 11.8. The van der Waals surface area contributed by atoms with Crippen molar-refractivity contribution >= 4 is 9.84 Å². The van der Waals surface area contributed by atoms with Crippen molar-refractivity contribution < 1.29 is 8.42 Å². The first kappa shape index (κ1) is 17.1. The molecule has 0 spiro atoms. The summed E-state index contributed by atoms with van der Waals surface area (Å²) < 4.78 is 23.6. The van der Waals surface area contributed by atoms with Gasteiger partial charge in [0.05, 0.1) is 11.9 Å². The van der Waals surface area contributed by atoms with E-state index in [1.807, 2.05) is 19.2 Å². The predicted octanol–water partition coefficient (Wildman–Crippen LogP) is 1.97. The van der Waals surface area contributed by atoms with Gasteiger partial charge in [-0.1, -0.05) is 6.07 Å². The van der Waals surface area contributed by atoms with Gasteiger partial charge in [-0.2, -0.15) is 5.10 Å². The molecule has 6 nitrogen and oxygen atoms in total. The second-order valence-electron chi connectivity index (χ2n) is 6.74. The van der Waals surface area contributed by atoms with Crippen LogP contribution in [-0.4, -0.2) is 47.8 Å². The van der Waals surface area contributed by atoms with Gasteiger partial charge in [0.1, 0.15) is 4.90 Å². The second kappa shape index (κ2) is 7.03. The van der Waals surface area contributed by atoms with E-state index < -0.39 is 9.84 Å². The molecule has 0 amide bonds. The van der Waals surface area contributed by atoms with Crippen LogP contribution in [0.5, 0.6) is 0 Å². The van der Waals surface area contributed by atoms with E-state index in [9.17, 15) is 8.42 Å². The highest BCUT2D eigenvalue weighted by Gasteiger charge is 2.24. The molecule has 1 N–H and O–H groups in total. The normalized spacial score (nSPS) is 19.5. The molecule has 2 aromatic rings. The molecule has 130 valence electrons. The Balaban J connectivity index is 1.64. The Kier molecular flexibility index (Phi) is 5.01. The van der Waals surface area contributed by atoms with Gasteiger partial charge in [-0.3, -0.25) is 15.0 Å². The van der Waals surface area contributed by atoms with Crippen molar-refractivity contribution in [2.75, 3.05) is 19.3 Å². The number of H-pyrrole nitrogens is 1. The first-order chi connectivity index (χ1) is 11.4. The van der Waals surface area contributed by atoms with Crippen molar-refractivity contribution in [2.24, 2.45) is 5.92 Å². The molecule has 2 aromatic heterocycles. The van der Waals surface area contributed by atoms with Crippen LogP contribution in [0, 0.1) is 12.8 Å². The number of hydrogen-bond acceptors (Lipinski definition) is 5. The number of aromatic nitrogens is 3. The van der Waals surface area contributed by atoms with Gasteiger partial charge in [0.2, 0.25) is 0 Å². The number of sulfone groups is 1. The van der Waals surface area contributed by atoms with Crippen LogP contribution in [0.2, 0.25) is 0 Å². The van der Waals surface area contributed by atoms with Gasteiger partial charge in [0, 0.05) is 31.2 Å². The van der Waals surface area contributed by atoms with Crippen LogP contribution in [-0.2, 0) is 22.8 Å². The molecular formula is C17H24N4O2S. The van der Waals surface area contributed by atoms with Gasteiger partial charge in [-0.05, 0) is 50.3 Å². The van der Waals surface area contributed by atoms with Crippen molar-refractivity contribution in [2.45, 2.75) is 37.6 Å². The molecule has 1 atom stereocenters. The number of likely N-dealkylation sites (tertiary alicyclic amines) is 1. The van der Waals surface area contributed by atoms with Crippen LogP contribution in [0.3, 0.4) is 0 Å². The number of pyridine rings is 1. The molecule has 7 heteroatoms. The fraction of sp³-hybridized carbons (Fsp3) is 0.529. The number of aromatic amines is 1. The number of hydrogen-bond donors (Lipinski definition) is 1. The molecule has 1 aliphatic rings. The van der Waals surface area contributed by atoms with Crippen LogP contribution in [0.15, 0.2) is 29.4 Å². The average Bonchev–Trinajstić information content (AvgIpc) is 2.98. The van der Waals surface area contributed by atoms with E-state index in [-0.39, 0.29) is 0 Å². The molecule has 0 unspecified atom stereocenters. The molecule has 1 aliphatic heterocycles. The molecular weight excluding hydrogens is 324 g/mol. The van der Waals surface area contributed by atoms with Crippen molar-refractivity contribution in [1.82, 2.24) is 20.1 Å². The molecule has 24 heavy (non-hydrogen) atoms. The van der Waals surface area contributed by atoms with E-state index in [4.69, 9.17) is 0 Å². The summed E-state index contributed by atoms with van der Waals surface area (Å²) in [6.45, 7) is 4.93. The maximum absolute atomic E-state index is 11.8. The van der Waals surface area contributed by atoms with E-state index in [1.165, 1.54) is 18.0 Å². The number of nitrogens with one attached hydrogen (secondary N) is 1. The van der Waals surface area contributed by atoms with E-state index in [0.717, 1.165) is 50.3 Å². The van der Waals surface area contributed by atoms with Crippen LogP contribution in [0.4, 0.5) is 0 Å². The van der Waals surface area contributed by atoms with Gasteiger partial charge >= 0.3 is 0 Å². The maximum Gasteiger partial charge on any atom is 0.178 e. The topological polar surface area (TPSA) is 79.0 Å². The van der Waals surface area contributed by atoms with E-state index in [0.29, 0.717) is 10.8 Å². The molecule has 3 rings (SSSR count). The zero-order valence-electron chi connectivity index (χ0n) is 14.2. The highest BCUT2D eigenvalue weighted by atomic mass is 32.2. The molecule has 0 bridgehead atoms. The van der Waals surface area contributed by atoms with Crippen LogP contribution < -0.4 is 0 Å². The van der Waals surface area contributed by atoms with Crippen molar-refractivity contribution in [3.8, 4) is 0 Å². The average molecular weight is 348 g/mol. The van der Waals surface area contributed by atoms with Gasteiger partial charge in [0.25, 0.3) is 0 Å². The highest BCUT2D eigenvalue weighted by Crippen LogP contribution is 2.24. The number of piperidine rings is 1. The third-order valence-corrected chi connectivity index (χ3v) is 5.70. The first-order valence-electron chi connectivity index (χ1n) is 8.28. The first-order valence-corrected chi connectivity index (χ1v) is 10.2. The lowest BCUT2D eigenvalue weighted by Gasteiger charge is -2.32. The summed E-state index contributed by atoms with van der Waals surface area (Å²) in [6.07, 6.45) is 7.57. The molecule has 0 saturated carbocycles. The minimum absolute atomic E-state index is 0.336. The second-order valence-corrected chi connectivity index (χ2v) is 8.72. The Morgan fingerprint density at radius 2 is 2.17 bits per heavy atom. The molecule has 0 aliphatic carbocycles. The molecule has 1 saturated heterocycles. The van der Waals surface area contributed by atoms with E-state index in [1.54, 1.807) is 0 Å². The summed E-state index contributed by atoms with van der Waals surface area (Å²) in [6, 6.07) is 4.17. The van der Waals surface area contributed by atoms with Crippen LogP contribution in [0.25, 0.3) is 0 Å². The standard InChI is InChI=1S/C17H24N4O2S/c1-13-5-6-15(9-18-13)12-21-7-3-4-14(11-21)8-16-17(10-19-20-16)24(2,22)23/h5-6,9-10,14H,3-4,7-8,11-12H2,1-2H3,(H,19,20)/t14-/m0/s1. The van der Waals surface area contributed by atoms with Crippen LogP contribution in [0.1, 0.15) is 29.8 Å². The lowest BCUT2D eigenvalue weighted by molar-refractivity contribution is 0.166. The van der Waals surface area contributed by atoms with E-state index >= 15 is 0 Å². The van der Waals surface area contributed by atoms with Crippen molar-refractivity contribution in [3.05, 3.63) is 41.5 Å². The van der Waals surface area contributed by atoms with Crippen molar-refractivity contribution in [3.63, 3.8) is 0 Å². The SMILES string of the molecule is Cc1ccc(CN2CCC[C@@H](Cc3[nH]ncc3S(C)(=O)=O)C2)cn1.